The molecule has 0 heterocycles. The lowest BCUT2D eigenvalue weighted by Crippen LogP contribution is -2.27. The standard InChI is InChI=1S/C12H18BrNO2/c1-3-14(6-7-16-2)12-5-4-11(13)8-10(12)9-15/h4-5,8,15H,3,6-7,9H2,1-2H3. The van der Waals surface area contributed by atoms with Crippen molar-refractivity contribution in [3.8, 4) is 0 Å². The third-order valence-corrected chi connectivity index (χ3v) is 2.99. The van der Waals surface area contributed by atoms with Crippen LogP contribution < -0.4 is 4.90 Å². The van der Waals surface area contributed by atoms with Crippen LogP contribution in [0.1, 0.15) is 12.5 Å². The maximum Gasteiger partial charge on any atom is 0.0702 e. The monoisotopic (exact) mass is 287 g/mol. The van der Waals surface area contributed by atoms with Crippen molar-refractivity contribution in [3.05, 3.63) is 28.2 Å². The number of aliphatic hydroxyl groups is 1. The van der Waals surface area contributed by atoms with Gasteiger partial charge in [-0.3, -0.25) is 0 Å². The number of benzene rings is 1. The summed E-state index contributed by atoms with van der Waals surface area (Å²) in [4.78, 5) is 2.20. The van der Waals surface area contributed by atoms with Crippen LogP contribution in [0.25, 0.3) is 0 Å². The third-order valence-electron chi connectivity index (χ3n) is 2.50. The highest BCUT2D eigenvalue weighted by Crippen LogP contribution is 2.24. The SMILES string of the molecule is CCN(CCOC)c1ccc(Br)cc1CO. The first-order valence-corrected chi connectivity index (χ1v) is 6.15. The molecule has 0 fully saturated rings. The maximum absolute atomic E-state index is 9.33. The van der Waals surface area contributed by atoms with Gasteiger partial charge >= 0.3 is 0 Å². The largest absolute Gasteiger partial charge is 0.392 e. The van der Waals surface area contributed by atoms with Crippen LogP contribution >= 0.6 is 15.9 Å². The van der Waals surface area contributed by atoms with Gasteiger partial charge in [0.2, 0.25) is 0 Å². The molecule has 0 spiro atoms. The highest BCUT2D eigenvalue weighted by molar-refractivity contribution is 9.10. The average molecular weight is 288 g/mol. The molecule has 1 aromatic rings. The normalized spacial score (nSPS) is 10.5. The van der Waals surface area contributed by atoms with E-state index in [0.29, 0.717) is 6.61 Å². The molecule has 0 radical (unpaired) electrons. The van der Waals surface area contributed by atoms with E-state index in [1.165, 1.54) is 0 Å². The summed E-state index contributed by atoms with van der Waals surface area (Å²) in [6, 6.07) is 5.96. The Kier molecular flexibility index (Phi) is 5.80. The highest BCUT2D eigenvalue weighted by atomic mass is 79.9. The Morgan fingerprint density at radius 2 is 2.19 bits per heavy atom. The Labute approximate surface area is 105 Å². The summed E-state index contributed by atoms with van der Waals surface area (Å²) in [5, 5.41) is 9.33. The van der Waals surface area contributed by atoms with Gasteiger partial charge < -0.3 is 14.7 Å². The van der Waals surface area contributed by atoms with Crippen molar-refractivity contribution >= 4 is 21.6 Å². The summed E-state index contributed by atoms with van der Waals surface area (Å²) in [5.74, 6) is 0. The average Bonchev–Trinajstić information content (AvgIpc) is 2.31. The summed E-state index contributed by atoms with van der Waals surface area (Å²) >= 11 is 3.41. The zero-order valence-electron chi connectivity index (χ0n) is 9.74. The first-order chi connectivity index (χ1) is 7.72. The molecular weight excluding hydrogens is 270 g/mol. The van der Waals surface area contributed by atoms with Gasteiger partial charge in [0.05, 0.1) is 13.2 Å². The minimum atomic E-state index is 0.0538. The molecule has 0 atom stereocenters. The fourth-order valence-corrected chi connectivity index (χ4v) is 2.05. The summed E-state index contributed by atoms with van der Waals surface area (Å²) < 4.78 is 6.07. The van der Waals surface area contributed by atoms with Gasteiger partial charge in [0, 0.05) is 35.9 Å². The van der Waals surface area contributed by atoms with Gasteiger partial charge in [0.25, 0.3) is 0 Å². The van der Waals surface area contributed by atoms with Gasteiger partial charge in [-0.25, -0.2) is 0 Å². The van der Waals surface area contributed by atoms with Crippen molar-refractivity contribution in [1.82, 2.24) is 0 Å². The summed E-state index contributed by atoms with van der Waals surface area (Å²) in [6.07, 6.45) is 0. The molecule has 0 saturated heterocycles. The van der Waals surface area contributed by atoms with E-state index in [-0.39, 0.29) is 6.61 Å². The third kappa shape index (κ3) is 3.47. The molecule has 3 nitrogen and oxygen atoms in total. The number of halogens is 1. The topological polar surface area (TPSA) is 32.7 Å². The van der Waals surface area contributed by atoms with Crippen molar-refractivity contribution in [1.29, 1.82) is 0 Å². The van der Waals surface area contributed by atoms with Crippen LogP contribution in [0.4, 0.5) is 5.69 Å². The van der Waals surface area contributed by atoms with E-state index in [4.69, 9.17) is 4.74 Å². The van der Waals surface area contributed by atoms with Crippen LogP contribution in [0, 0.1) is 0 Å². The number of methoxy groups -OCH3 is 1. The molecule has 1 aromatic carbocycles. The smallest absolute Gasteiger partial charge is 0.0702 e. The second-order valence-corrected chi connectivity index (χ2v) is 4.42. The van der Waals surface area contributed by atoms with Crippen LogP contribution in [-0.4, -0.2) is 31.9 Å². The number of hydrogen-bond acceptors (Lipinski definition) is 3. The molecule has 0 bridgehead atoms. The summed E-state index contributed by atoms with van der Waals surface area (Å²) in [7, 11) is 1.70. The van der Waals surface area contributed by atoms with E-state index in [2.05, 4.69) is 27.8 Å². The van der Waals surface area contributed by atoms with Crippen molar-refractivity contribution in [3.63, 3.8) is 0 Å². The zero-order chi connectivity index (χ0) is 12.0. The molecule has 0 aliphatic rings. The molecule has 0 saturated carbocycles. The number of aliphatic hydroxyl groups excluding tert-OH is 1. The molecule has 1 N–H and O–H groups in total. The van der Waals surface area contributed by atoms with Crippen molar-refractivity contribution in [2.75, 3.05) is 31.7 Å². The first kappa shape index (κ1) is 13.5. The van der Waals surface area contributed by atoms with Crippen molar-refractivity contribution in [2.45, 2.75) is 13.5 Å². The van der Waals surface area contributed by atoms with Gasteiger partial charge in [-0.05, 0) is 25.1 Å². The second kappa shape index (κ2) is 6.89. The Morgan fingerprint density at radius 3 is 2.75 bits per heavy atom. The van der Waals surface area contributed by atoms with E-state index in [9.17, 15) is 5.11 Å². The van der Waals surface area contributed by atoms with E-state index >= 15 is 0 Å². The Balaban J connectivity index is 2.90. The second-order valence-electron chi connectivity index (χ2n) is 3.50. The Hall–Kier alpha value is -0.580. The molecule has 90 valence electrons. The Morgan fingerprint density at radius 1 is 1.44 bits per heavy atom. The van der Waals surface area contributed by atoms with Gasteiger partial charge in [-0.15, -0.1) is 0 Å². The van der Waals surface area contributed by atoms with Crippen molar-refractivity contribution < 1.29 is 9.84 Å². The number of rotatable bonds is 6. The lowest BCUT2D eigenvalue weighted by Gasteiger charge is -2.25. The van der Waals surface area contributed by atoms with Gasteiger partial charge in [-0.1, -0.05) is 15.9 Å². The highest BCUT2D eigenvalue weighted by Gasteiger charge is 2.09. The number of likely N-dealkylation sites (N-methyl/N-ethyl adjacent to an activating group) is 1. The maximum atomic E-state index is 9.33. The quantitative estimate of drug-likeness (QED) is 0.872. The van der Waals surface area contributed by atoms with Gasteiger partial charge in [-0.2, -0.15) is 0 Å². The summed E-state index contributed by atoms with van der Waals surface area (Å²) in [6.45, 7) is 4.57. The molecule has 0 unspecified atom stereocenters. The minimum absolute atomic E-state index is 0.0538. The van der Waals surface area contributed by atoms with E-state index in [0.717, 1.165) is 28.8 Å². The van der Waals surface area contributed by atoms with E-state index in [1.807, 2.05) is 18.2 Å². The molecule has 0 aliphatic carbocycles. The lowest BCUT2D eigenvalue weighted by molar-refractivity contribution is 0.205. The molecule has 16 heavy (non-hydrogen) atoms. The molecule has 1 rings (SSSR count). The summed E-state index contributed by atoms with van der Waals surface area (Å²) in [5.41, 5.74) is 2.01. The van der Waals surface area contributed by atoms with E-state index in [1.54, 1.807) is 7.11 Å². The van der Waals surface area contributed by atoms with Crippen LogP contribution in [0.3, 0.4) is 0 Å². The molecular formula is C12H18BrNO2. The molecule has 0 aliphatic heterocycles. The van der Waals surface area contributed by atoms with Crippen LogP contribution in [0.2, 0.25) is 0 Å². The fraction of sp³-hybridized carbons (Fsp3) is 0.500. The molecule has 4 heteroatoms. The predicted molar refractivity (Wildman–Crippen MR) is 69.8 cm³/mol. The minimum Gasteiger partial charge on any atom is -0.392 e. The zero-order valence-corrected chi connectivity index (χ0v) is 11.3. The van der Waals surface area contributed by atoms with Gasteiger partial charge in [0.1, 0.15) is 0 Å². The predicted octanol–water partition coefficient (Wildman–Crippen LogP) is 2.41. The van der Waals surface area contributed by atoms with Crippen LogP contribution in [-0.2, 0) is 11.3 Å². The first-order valence-electron chi connectivity index (χ1n) is 5.36. The number of ether oxygens (including phenoxy) is 1. The van der Waals surface area contributed by atoms with Crippen LogP contribution in [0.5, 0.6) is 0 Å². The number of hydrogen-bond donors (Lipinski definition) is 1. The van der Waals surface area contributed by atoms with Gasteiger partial charge in [0.15, 0.2) is 0 Å². The fourth-order valence-electron chi connectivity index (χ4n) is 1.64. The molecule has 0 amide bonds. The number of anilines is 1. The lowest BCUT2D eigenvalue weighted by atomic mass is 10.1. The van der Waals surface area contributed by atoms with Crippen molar-refractivity contribution in [2.24, 2.45) is 0 Å². The van der Waals surface area contributed by atoms with Crippen LogP contribution in [0.15, 0.2) is 22.7 Å². The number of nitrogens with zero attached hydrogens (tertiary/aromatic N) is 1. The van der Waals surface area contributed by atoms with E-state index < -0.39 is 0 Å². The Bertz CT molecular complexity index is 331. The molecule has 0 aromatic heterocycles.